The van der Waals surface area contributed by atoms with Crippen LogP contribution in [0.15, 0.2) is 48.3 Å². The van der Waals surface area contributed by atoms with Gasteiger partial charge in [-0.1, -0.05) is 0 Å². The summed E-state index contributed by atoms with van der Waals surface area (Å²) in [5.74, 6) is -0.285. The lowest BCUT2D eigenvalue weighted by molar-refractivity contribution is -0.128. The molecule has 1 saturated heterocycles. The second-order valence-corrected chi connectivity index (χ2v) is 7.82. The van der Waals surface area contributed by atoms with Crippen molar-refractivity contribution in [3.05, 3.63) is 65.2 Å². The molecule has 32 heavy (non-hydrogen) atoms. The highest BCUT2D eigenvalue weighted by Gasteiger charge is 2.23. The number of hydrogen-bond donors (Lipinski definition) is 3. The van der Waals surface area contributed by atoms with E-state index in [4.69, 9.17) is 5.41 Å². The lowest BCUT2D eigenvalue weighted by Gasteiger charge is -2.31. The Kier molecular flexibility index (Phi) is 7.32. The molecule has 3 rings (SSSR count). The van der Waals surface area contributed by atoms with Gasteiger partial charge >= 0.3 is 0 Å². The molecule has 0 radical (unpaired) electrons. The Hall–Kier alpha value is -3.59. The minimum Gasteiger partial charge on any atom is -0.385 e. The predicted molar refractivity (Wildman–Crippen MR) is 122 cm³/mol. The van der Waals surface area contributed by atoms with Crippen molar-refractivity contribution in [3.8, 4) is 0 Å². The van der Waals surface area contributed by atoms with Gasteiger partial charge in [0.15, 0.2) is 0 Å². The number of nitrogens with zero attached hydrogens (tertiary/aromatic N) is 3. The summed E-state index contributed by atoms with van der Waals surface area (Å²) in [6.07, 6.45) is 1.56. The summed E-state index contributed by atoms with van der Waals surface area (Å²) in [5.41, 5.74) is 2.63. The lowest BCUT2D eigenvalue weighted by Crippen LogP contribution is -2.45. The summed E-state index contributed by atoms with van der Waals surface area (Å²) in [4.78, 5) is 31.8. The molecule has 1 aliphatic rings. The molecule has 2 amide bonds. The first-order chi connectivity index (χ1) is 15.2. The first kappa shape index (κ1) is 23.1. The van der Waals surface area contributed by atoms with Crippen LogP contribution in [-0.2, 0) is 9.59 Å². The molecule has 1 fully saturated rings. The fourth-order valence-corrected chi connectivity index (χ4v) is 3.46. The second kappa shape index (κ2) is 10.1. The third kappa shape index (κ3) is 5.76. The van der Waals surface area contributed by atoms with Crippen molar-refractivity contribution >= 4 is 28.9 Å². The average Bonchev–Trinajstić information content (AvgIpc) is 2.74. The van der Waals surface area contributed by atoms with Crippen molar-refractivity contribution in [2.75, 3.05) is 45.6 Å². The molecule has 0 saturated carbocycles. The van der Waals surface area contributed by atoms with Crippen LogP contribution in [0.4, 0.5) is 10.2 Å². The maximum absolute atomic E-state index is 13.4. The molecule has 1 aromatic heterocycles. The number of carbonyl (C=O) groups excluding carboxylic acids is 2. The summed E-state index contributed by atoms with van der Waals surface area (Å²) in [6.45, 7) is 3.16. The van der Waals surface area contributed by atoms with Gasteiger partial charge in [-0.25, -0.2) is 9.37 Å². The summed E-state index contributed by atoms with van der Waals surface area (Å²) in [7, 11) is 3.59. The third-order valence-corrected chi connectivity index (χ3v) is 4.98. The molecule has 0 atom stereocenters. The molecule has 2 aromatic rings. The Morgan fingerprint density at radius 3 is 2.59 bits per heavy atom. The predicted octanol–water partition coefficient (Wildman–Crippen LogP) is 1.95. The number of carbonyl (C=O) groups is 2. The SMILES string of the molecule is CC(=O)N1CCN/C(=C(\C(=N)c2ccc(F)cc2)c2ccnc(NC(=O)CN(C)C)c2)C1. The van der Waals surface area contributed by atoms with Gasteiger partial charge in [-0.3, -0.25) is 15.0 Å². The van der Waals surface area contributed by atoms with Crippen LogP contribution >= 0.6 is 0 Å². The topological polar surface area (TPSA) is 101 Å². The fourth-order valence-electron chi connectivity index (χ4n) is 3.46. The van der Waals surface area contributed by atoms with Gasteiger partial charge in [0.2, 0.25) is 11.8 Å². The molecule has 2 heterocycles. The highest BCUT2D eigenvalue weighted by Crippen LogP contribution is 2.26. The highest BCUT2D eigenvalue weighted by molar-refractivity contribution is 6.31. The molecule has 3 N–H and O–H groups in total. The first-order valence-electron chi connectivity index (χ1n) is 10.2. The standard InChI is InChI=1S/C23H27FN6O2/c1-15(31)30-11-10-26-19(13-30)22(23(25)16-4-6-18(24)7-5-16)17-8-9-27-20(12-17)28-21(32)14-29(2)3/h4-9,12,25-26H,10-11,13-14H2,1-3H3,(H,27,28,32)/b22-19-,25-23?. The van der Waals surface area contributed by atoms with Crippen LogP contribution in [0.3, 0.4) is 0 Å². The molecule has 8 nitrogen and oxygen atoms in total. The van der Waals surface area contributed by atoms with Crippen molar-refractivity contribution in [1.82, 2.24) is 20.1 Å². The van der Waals surface area contributed by atoms with E-state index in [1.54, 1.807) is 54.4 Å². The normalized spacial score (nSPS) is 15.2. The van der Waals surface area contributed by atoms with Gasteiger partial charge in [-0.05, 0) is 56.1 Å². The number of nitrogens with one attached hydrogen (secondary N) is 3. The number of anilines is 1. The Balaban J connectivity index is 2.03. The Bertz CT molecular complexity index is 1050. The first-order valence-corrected chi connectivity index (χ1v) is 10.2. The number of pyridine rings is 1. The van der Waals surface area contributed by atoms with Crippen molar-refractivity contribution in [2.45, 2.75) is 6.92 Å². The zero-order valence-electron chi connectivity index (χ0n) is 18.4. The van der Waals surface area contributed by atoms with Gasteiger partial charge in [0.1, 0.15) is 11.6 Å². The summed E-state index contributed by atoms with van der Waals surface area (Å²) in [6, 6.07) is 9.15. The molecule has 168 valence electrons. The van der Waals surface area contributed by atoms with E-state index < -0.39 is 0 Å². The fraction of sp³-hybridized carbons (Fsp3) is 0.304. The number of aromatic nitrogens is 1. The zero-order chi connectivity index (χ0) is 23.3. The van der Waals surface area contributed by atoms with E-state index in [-0.39, 0.29) is 29.9 Å². The molecule has 0 bridgehead atoms. The zero-order valence-corrected chi connectivity index (χ0v) is 18.4. The Labute approximate surface area is 186 Å². The van der Waals surface area contributed by atoms with Crippen LogP contribution in [0, 0.1) is 11.2 Å². The van der Waals surface area contributed by atoms with Crippen molar-refractivity contribution < 1.29 is 14.0 Å². The van der Waals surface area contributed by atoms with Gasteiger partial charge < -0.3 is 20.4 Å². The van der Waals surface area contributed by atoms with Gasteiger partial charge in [0, 0.05) is 43.0 Å². The van der Waals surface area contributed by atoms with E-state index in [1.807, 2.05) is 0 Å². The van der Waals surface area contributed by atoms with Crippen molar-refractivity contribution in [1.29, 1.82) is 5.41 Å². The van der Waals surface area contributed by atoms with E-state index >= 15 is 0 Å². The minimum atomic E-state index is -0.385. The third-order valence-electron chi connectivity index (χ3n) is 4.98. The molecule has 1 aromatic carbocycles. The summed E-state index contributed by atoms with van der Waals surface area (Å²) >= 11 is 0. The molecule has 0 unspecified atom stereocenters. The van der Waals surface area contributed by atoms with Crippen LogP contribution < -0.4 is 10.6 Å². The second-order valence-electron chi connectivity index (χ2n) is 7.82. The number of likely N-dealkylation sites (N-methyl/N-ethyl adjacent to an activating group) is 1. The van der Waals surface area contributed by atoms with Gasteiger partial charge in [0.25, 0.3) is 0 Å². The number of hydrogen-bond acceptors (Lipinski definition) is 6. The quantitative estimate of drug-likeness (QED) is 0.599. The number of amides is 2. The maximum atomic E-state index is 13.4. The van der Waals surface area contributed by atoms with Crippen LogP contribution in [0.5, 0.6) is 0 Å². The number of piperazine rings is 1. The van der Waals surface area contributed by atoms with Crippen LogP contribution in [0.25, 0.3) is 5.57 Å². The number of rotatable bonds is 6. The maximum Gasteiger partial charge on any atom is 0.239 e. The van der Waals surface area contributed by atoms with E-state index in [0.29, 0.717) is 47.8 Å². The number of halogens is 1. The highest BCUT2D eigenvalue weighted by atomic mass is 19.1. The van der Waals surface area contributed by atoms with Gasteiger partial charge in [-0.2, -0.15) is 0 Å². The summed E-state index contributed by atoms with van der Waals surface area (Å²) < 4.78 is 13.4. The Morgan fingerprint density at radius 2 is 1.94 bits per heavy atom. The van der Waals surface area contributed by atoms with Gasteiger partial charge in [0.05, 0.1) is 18.8 Å². The van der Waals surface area contributed by atoms with E-state index in [1.165, 1.54) is 19.1 Å². The average molecular weight is 439 g/mol. The van der Waals surface area contributed by atoms with Crippen LogP contribution in [-0.4, -0.2) is 72.6 Å². The largest absolute Gasteiger partial charge is 0.385 e. The Morgan fingerprint density at radius 1 is 1.22 bits per heavy atom. The molecule has 0 aliphatic carbocycles. The molecular formula is C23H27FN6O2. The lowest BCUT2D eigenvalue weighted by atomic mass is 9.93. The van der Waals surface area contributed by atoms with Crippen LogP contribution in [0.1, 0.15) is 18.1 Å². The monoisotopic (exact) mass is 438 g/mol. The van der Waals surface area contributed by atoms with Crippen LogP contribution in [0.2, 0.25) is 0 Å². The van der Waals surface area contributed by atoms with E-state index in [9.17, 15) is 14.0 Å². The number of benzene rings is 1. The number of allylic oxidation sites excluding steroid dienone is 1. The van der Waals surface area contributed by atoms with Gasteiger partial charge in [-0.15, -0.1) is 0 Å². The smallest absolute Gasteiger partial charge is 0.239 e. The molecule has 1 aliphatic heterocycles. The van der Waals surface area contributed by atoms with Crippen molar-refractivity contribution in [3.63, 3.8) is 0 Å². The molecule has 0 spiro atoms. The van der Waals surface area contributed by atoms with Crippen molar-refractivity contribution in [2.24, 2.45) is 0 Å². The molecule has 9 heteroatoms. The van der Waals surface area contributed by atoms with E-state index in [2.05, 4.69) is 15.6 Å². The van der Waals surface area contributed by atoms with E-state index in [0.717, 1.165) is 0 Å². The summed E-state index contributed by atoms with van der Waals surface area (Å²) in [5, 5.41) is 14.9. The molecular weight excluding hydrogens is 411 g/mol. The minimum absolute atomic E-state index is 0.0528.